The Labute approximate surface area is 108 Å². The molecule has 1 N–H and O–H groups in total. The second kappa shape index (κ2) is 4.97. The number of aliphatic carboxylic acids is 1. The Bertz CT molecular complexity index is 484. The summed E-state index contributed by atoms with van der Waals surface area (Å²) in [4.78, 5) is 11.8. The molecule has 1 atom stereocenters. The molecule has 0 saturated carbocycles. The monoisotopic (exact) mass is 244 g/mol. The first-order valence-electron chi connectivity index (χ1n) is 6.51. The molecule has 0 fully saturated rings. The summed E-state index contributed by atoms with van der Waals surface area (Å²) >= 11 is 0. The number of allylic oxidation sites excluding steroid dienone is 2. The number of carboxylic acid groups (broad SMARTS) is 1. The van der Waals surface area contributed by atoms with Crippen LogP contribution in [-0.4, -0.2) is 11.1 Å². The standard InChI is InChI=1S/C16H20O2/c1-12(2)9-11-16(15(17)18)10-5-7-13-6-3-4-8-14(13)16/h3-4,6,8-9H,5,7,10-11H2,1-2H3,(H,17,18). The number of carboxylic acids is 1. The van der Waals surface area contributed by atoms with Gasteiger partial charge in [-0.15, -0.1) is 0 Å². The maximum Gasteiger partial charge on any atom is 0.314 e. The Morgan fingerprint density at radius 2 is 2.11 bits per heavy atom. The normalized spacial score (nSPS) is 22.1. The number of hydrogen-bond donors (Lipinski definition) is 1. The van der Waals surface area contributed by atoms with Crippen LogP contribution in [-0.2, 0) is 16.6 Å². The van der Waals surface area contributed by atoms with E-state index in [1.165, 1.54) is 11.1 Å². The zero-order valence-corrected chi connectivity index (χ0v) is 11.1. The fourth-order valence-electron chi connectivity index (χ4n) is 2.82. The minimum atomic E-state index is -0.716. The van der Waals surface area contributed by atoms with Crippen LogP contribution in [0.1, 0.15) is 44.2 Å². The summed E-state index contributed by atoms with van der Waals surface area (Å²) in [7, 11) is 0. The highest BCUT2D eigenvalue weighted by Gasteiger charge is 2.42. The Morgan fingerprint density at radius 1 is 1.39 bits per heavy atom. The summed E-state index contributed by atoms with van der Waals surface area (Å²) in [5.74, 6) is -0.688. The molecule has 2 heteroatoms. The smallest absolute Gasteiger partial charge is 0.314 e. The van der Waals surface area contributed by atoms with Gasteiger partial charge in [0.1, 0.15) is 0 Å². The van der Waals surface area contributed by atoms with Gasteiger partial charge in [-0.2, -0.15) is 0 Å². The third-order valence-electron chi connectivity index (χ3n) is 3.85. The van der Waals surface area contributed by atoms with Crippen molar-refractivity contribution in [3.63, 3.8) is 0 Å². The van der Waals surface area contributed by atoms with Crippen molar-refractivity contribution in [2.24, 2.45) is 0 Å². The molecule has 1 aliphatic rings. The molecule has 2 rings (SSSR count). The largest absolute Gasteiger partial charge is 0.481 e. The van der Waals surface area contributed by atoms with Gasteiger partial charge in [-0.3, -0.25) is 4.79 Å². The van der Waals surface area contributed by atoms with Crippen molar-refractivity contribution in [1.29, 1.82) is 0 Å². The molecule has 18 heavy (non-hydrogen) atoms. The third-order valence-corrected chi connectivity index (χ3v) is 3.85. The molecule has 2 nitrogen and oxygen atoms in total. The first-order chi connectivity index (χ1) is 8.56. The van der Waals surface area contributed by atoms with Crippen molar-refractivity contribution >= 4 is 5.97 Å². The van der Waals surface area contributed by atoms with Crippen molar-refractivity contribution in [3.05, 3.63) is 47.0 Å². The second-order valence-electron chi connectivity index (χ2n) is 5.38. The summed E-state index contributed by atoms with van der Waals surface area (Å²) in [5, 5.41) is 9.72. The van der Waals surface area contributed by atoms with Crippen LogP contribution < -0.4 is 0 Å². The van der Waals surface area contributed by atoms with Crippen molar-refractivity contribution in [2.75, 3.05) is 0 Å². The Balaban J connectivity index is 2.49. The van der Waals surface area contributed by atoms with Crippen LogP contribution >= 0.6 is 0 Å². The minimum absolute atomic E-state index is 0.599. The molecule has 0 heterocycles. The highest BCUT2D eigenvalue weighted by molar-refractivity contribution is 5.82. The van der Waals surface area contributed by atoms with Crippen LogP contribution in [0, 0.1) is 0 Å². The molecule has 0 aromatic heterocycles. The van der Waals surface area contributed by atoms with Crippen molar-refractivity contribution < 1.29 is 9.90 Å². The molecule has 0 spiro atoms. The molecule has 0 aliphatic heterocycles. The predicted molar refractivity (Wildman–Crippen MR) is 72.7 cm³/mol. The van der Waals surface area contributed by atoms with Gasteiger partial charge < -0.3 is 5.11 Å². The highest BCUT2D eigenvalue weighted by atomic mass is 16.4. The quantitative estimate of drug-likeness (QED) is 0.823. The van der Waals surface area contributed by atoms with Crippen molar-refractivity contribution in [1.82, 2.24) is 0 Å². The van der Waals surface area contributed by atoms with Crippen LogP contribution in [0.15, 0.2) is 35.9 Å². The van der Waals surface area contributed by atoms with E-state index in [4.69, 9.17) is 0 Å². The average molecular weight is 244 g/mol. The molecule has 0 amide bonds. The summed E-state index contributed by atoms with van der Waals surface area (Å²) < 4.78 is 0. The number of rotatable bonds is 3. The Morgan fingerprint density at radius 3 is 2.78 bits per heavy atom. The molecule has 0 bridgehead atoms. The number of benzene rings is 1. The summed E-state index contributed by atoms with van der Waals surface area (Å²) in [6, 6.07) is 8.00. The van der Waals surface area contributed by atoms with Crippen LogP contribution in [0.4, 0.5) is 0 Å². The van der Waals surface area contributed by atoms with E-state index in [-0.39, 0.29) is 0 Å². The topological polar surface area (TPSA) is 37.3 Å². The summed E-state index contributed by atoms with van der Waals surface area (Å²) in [6.07, 6.45) is 5.35. The lowest BCUT2D eigenvalue weighted by Gasteiger charge is -2.35. The number of fused-ring (bicyclic) bond motifs is 1. The maximum atomic E-state index is 11.8. The fraction of sp³-hybridized carbons (Fsp3) is 0.438. The molecule has 96 valence electrons. The van der Waals surface area contributed by atoms with E-state index >= 15 is 0 Å². The van der Waals surface area contributed by atoms with E-state index in [1.807, 2.05) is 32.0 Å². The molecular weight excluding hydrogens is 224 g/mol. The minimum Gasteiger partial charge on any atom is -0.481 e. The zero-order valence-electron chi connectivity index (χ0n) is 11.1. The van der Waals surface area contributed by atoms with Gasteiger partial charge in [-0.1, -0.05) is 35.9 Å². The Kier molecular flexibility index (Phi) is 3.55. The van der Waals surface area contributed by atoms with Crippen LogP contribution in [0.5, 0.6) is 0 Å². The molecule has 1 aromatic carbocycles. The van der Waals surface area contributed by atoms with Gasteiger partial charge in [-0.05, 0) is 50.7 Å². The van der Waals surface area contributed by atoms with E-state index in [1.54, 1.807) is 0 Å². The molecule has 1 aliphatic carbocycles. The van der Waals surface area contributed by atoms with Crippen LogP contribution in [0.3, 0.4) is 0 Å². The molecule has 1 unspecified atom stereocenters. The van der Waals surface area contributed by atoms with E-state index in [0.717, 1.165) is 24.8 Å². The highest BCUT2D eigenvalue weighted by Crippen LogP contribution is 2.40. The maximum absolute atomic E-state index is 11.8. The van der Waals surface area contributed by atoms with Gasteiger partial charge >= 0.3 is 5.97 Å². The van der Waals surface area contributed by atoms with Crippen molar-refractivity contribution in [3.8, 4) is 0 Å². The predicted octanol–water partition coefficient (Wildman–Crippen LogP) is 3.70. The lowest BCUT2D eigenvalue weighted by atomic mass is 9.68. The fourth-order valence-corrected chi connectivity index (χ4v) is 2.82. The average Bonchev–Trinajstić information content (AvgIpc) is 2.36. The lowest BCUT2D eigenvalue weighted by Crippen LogP contribution is -2.38. The SMILES string of the molecule is CC(C)=CCC1(C(=O)O)CCCc2ccccc21. The third kappa shape index (κ3) is 2.20. The van der Waals surface area contributed by atoms with Crippen LogP contribution in [0.2, 0.25) is 0 Å². The van der Waals surface area contributed by atoms with Gasteiger partial charge in [0.25, 0.3) is 0 Å². The van der Waals surface area contributed by atoms with Gasteiger partial charge in [0.15, 0.2) is 0 Å². The Hall–Kier alpha value is -1.57. The first kappa shape index (κ1) is 12.9. The van der Waals surface area contributed by atoms with Gasteiger partial charge in [-0.25, -0.2) is 0 Å². The van der Waals surface area contributed by atoms with Gasteiger partial charge in [0.2, 0.25) is 0 Å². The number of carbonyl (C=O) groups is 1. The van der Waals surface area contributed by atoms with E-state index in [0.29, 0.717) is 6.42 Å². The van der Waals surface area contributed by atoms with Gasteiger partial charge in [0, 0.05) is 0 Å². The first-order valence-corrected chi connectivity index (χ1v) is 6.51. The van der Waals surface area contributed by atoms with Crippen LogP contribution in [0.25, 0.3) is 0 Å². The number of hydrogen-bond acceptors (Lipinski definition) is 1. The van der Waals surface area contributed by atoms with E-state index < -0.39 is 11.4 Å². The van der Waals surface area contributed by atoms with Crippen molar-refractivity contribution in [2.45, 2.75) is 44.9 Å². The number of aryl methyl sites for hydroxylation is 1. The van der Waals surface area contributed by atoms with E-state index in [2.05, 4.69) is 12.1 Å². The zero-order chi connectivity index (χ0) is 13.2. The molecule has 1 aromatic rings. The second-order valence-corrected chi connectivity index (χ2v) is 5.38. The van der Waals surface area contributed by atoms with Gasteiger partial charge in [0.05, 0.1) is 5.41 Å². The summed E-state index contributed by atoms with van der Waals surface area (Å²) in [6.45, 7) is 4.04. The van der Waals surface area contributed by atoms with E-state index in [9.17, 15) is 9.90 Å². The molecule has 0 radical (unpaired) electrons. The summed E-state index contributed by atoms with van der Waals surface area (Å²) in [5.41, 5.74) is 2.68. The lowest BCUT2D eigenvalue weighted by molar-refractivity contribution is -0.144. The molecular formula is C16H20O2. The molecule has 0 saturated heterocycles.